The van der Waals surface area contributed by atoms with Gasteiger partial charge >= 0.3 is 0 Å². The lowest BCUT2D eigenvalue weighted by Crippen LogP contribution is -2.56. The standard InChI is InChI=1S/C13H26N2O3S/c1-13(2)5-4-12(16)11(10-13)14-6-8-15(9-7-14)19(3,17)18/h11-12,16H,4-10H2,1-3H3. The maximum atomic E-state index is 11.5. The van der Waals surface area contributed by atoms with E-state index in [1.54, 1.807) is 0 Å². The molecule has 2 fully saturated rings. The predicted molar refractivity (Wildman–Crippen MR) is 75.4 cm³/mol. The minimum atomic E-state index is -3.07. The molecule has 0 spiro atoms. The largest absolute Gasteiger partial charge is 0.391 e. The Bertz CT molecular complexity index is 414. The lowest BCUT2D eigenvalue weighted by molar-refractivity contribution is -0.0269. The third kappa shape index (κ3) is 3.68. The van der Waals surface area contributed by atoms with Gasteiger partial charge in [-0.2, -0.15) is 4.31 Å². The van der Waals surface area contributed by atoms with Gasteiger partial charge in [0.2, 0.25) is 10.0 Å². The summed E-state index contributed by atoms with van der Waals surface area (Å²) in [4.78, 5) is 2.27. The molecule has 2 atom stereocenters. The van der Waals surface area contributed by atoms with Crippen molar-refractivity contribution in [3.8, 4) is 0 Å². The van der Waals surface area contributed by atoms with Crippen LogP contribution in [0.25, 0.3) is 0 Å². The van der Waals surface area contributed by atoms with Gasteiger partial charge in [-0.15, -0.1) is 0 Å². The highest BCUT2D eigenvalue weighted by Gasteiger charge is 2.38. The first-order valence-electron chi connectivity index (χ1n) is 7.06. The zero-order chi connectivity index (χ0) is 14.3. The van der Waals surface area contributed by atoms with Crippen LogP contribution in [0.15, 0.2) is 0 Å². The fourth-order valence-electron chi connectivity index (χ4n) is 3.27. The van der Waals surface area contributed by atoms with Crippen LogP contribution in [0.3, 0.4) is 0 Å². The van der Waals surface area contributed by atoms with Gasteiger partial charge in [0.15, 0.2) is 0 Å². The summed E-state index contributed by atoms with van der Waals surface area (Å²) in [6.45, 7) is 7.04. The fraction of sp³-hybridized carbons (Fsp3) is 1.00. The van der Waals surface area contributed by atoms with Gasteiger partial charge in [0, 0.05) is 32.2 Å². The van der Waals surface area contributed by atoms with Crippen LogP contribution in [0.4, 0.5) is 0 Å². The monoisotopic (exact) mass is 290 g/mol. The summed E-state index contributed by atoms with van der Waals surface area (Å²) < 4.78 is 24.5. The molecule has 1 aliphatic heterocycles. The van der Waals surface area contributed by atoms with Crippen molar-refractivity contribution >= 4 is 10.0 Å². The third-order valence-electron chi connectivity index (χ3n) is 4.53. The molecule has 2 unspecified atom stereocenters. The second-order valence-electron chi connectivity index (χ2n) is 6.74. The van der Waals surface area contributed by atoms with Gasteiger partial charge in [-0.1, -0.05) is 13.8 Å². The Morgan fingerprint density at radius 2 is 1.74 bits per heavy atom. The highest BCUT2D eigenvalue weighted by atomic mass is 32.2. The SMILES string of the molecule is CC1(C)CCC(O)C(N2CCN(S(C)(=O)=O)CC2)C1. The fourth-order valence-corrected chi connectivity index (χ4v) is 4.10. The maximum Gasteiger partial charge on any atom is 0.211 e. The minimum Gasteiger partial charge on any atom is -0.391 e. The molecule has 0 aromatic carbocycles. The van der Waals surface area contributed by atoms with Crippen LogP contribution in [0.5, 0.6) is 0 Å². The lowest BCUT2D eigenvalue weighted by Gasteiger charge is -2.46. The first kappa shape index (κ1) is 15.2. The van der Waals surface area contributed by atoms with E-state index in [1.165, 1.54) is 10.6 Å². The molecule has 112 valence electrons. The van der Waals surface area contributed by atoms with Gasteiger partial charge in [0.25, 0.3) is 0 Å². The average Bonchev–Trinajstić information content (AvgIpc) is 2.31. The molecule has 0 radical (unpaired) electrons. The van der Waals surface area contributed by atoms with Crippen LogP contribution >= 0.6 is 0 Å². The Morgan fingerprint density at radius 1 is 1.16 bits per heavy atom. The van der Waals surface area contributed by atoms with E-state index in [9.17, 15) is 13.5 Å². The van der Waals surface area contributed by atoms with Gasteiger partial charge in [0.05, 0.1) is 12.4 Å². The molecule has 1 heterocycles. The molecule has 19 heavy (non-hydrogen) atoms. The van der Waals surface area contributed by atoms with Gasteiger partial charge < -0.3 is 5.11 Å². The minimum absolute atomic E-state index is 0.186. The zero-order valence-corrected chi connectivity index (χ0v) is 13.0. The molecule has 1 N–H and O–H groups in total. The van der Waals surface area contributed by atoms with Crippen LogP contribution in [0, 0.1) is 5.41 Å². The van der Waals surface area contributed by atoms with Crippen LogP contribution in [-0.2, 0) is 10.0 Å². The number of hydrogen-bond donors (Lipinski definition) is 1. The van der Waals surface area contributed by atoms with E-state index < -0.39 is 10.0 Å². The van der Waals surface area contributed by atoms with Crippen molar-refractivity contribution in [1.29, 1.82) is 0 Å². The molecule has 6 heteroatoms. The molecule has 2 rings (SSSR count). The summed E-state index contributed by atoms with van der Waals surface area (Å²) >= 11 is 0. The van der Waals surface area contributed by atoms with E-state index in [1.807, 2.05) is 0 Å². The molecule has 0 aromatic rings. The second-order valence-corrected chi connectivity index (χ2v) is 8.72. The molecule has 5 nitrogen and oxygen atoms in total. The lowest BCUT2D eigenvalue weighted by atomic mass is 9.73. The number of nitrogens with zero attached hydrogens (tertiary/aromatic N) is 2. The Kier molecular flexibility index (Phi) is 4.26. The number of sulfonamides is 1. The van der Waals surface area contributed by atoms with E-state index in [4.69, 9.17) is 0 Å². The maximum absolute atomic E-state index is 11.5. The predicted octanol–water partition coefficient (Wildman–Crippen LogP) is 0.503. The summed E-state index contributed by atoms with van der Waals surface area (Å²) in [5, 5.41) is 10.2. The van der Waals surface area contributed by atoms with Crippen LogP contribution in [0.2, 0.25) is 0 Å². The molecule has 0 aromatic heterocycles. The summed E-state index contributed by atoms with van der Waals surface area (Å²) in [6, 6.07) is 0.186. The summed E-state index contributed by atoms with van der Waals surface area (Å²) in [6.07, 6.45) is 3.91. The van der Waals surface area contributed by atoms with Crippen molar-refractivity contribution in [2.75, 3.05) is 32.4 Å². The van der Waals surface area contributed by atoms with Crippen molar-refractivity contribution in [2.45, 2.75) is 45.3 Å². The van der Waals surface area contributed by atoms with Gasteiger partial charge in [0.1, 0.15) is 0 Å². The number of aliphatic hydroxyl groups excluding tert-OH is 1. The first-order valence-corrected chi connectivity index (χ1v) is 8.91. The van der Waals surface area contributed by atoms with E-state index in [0.717, 1.165) is 32.4 Å². The van der Waals surface area contributed by atoms with Crippen LogP contribution in [-0.4, -0.2) is 67.3 Å². The smallest absolute Gasteiger partial charge is 0.211 e. The first-order chi connectivity index (χ1) is 8.69. The molecule has 0 bridgehead atoms. The molecular formula is C13H26N2O3S. The Morgan fingerprint density at radius 3 is 2.26 bits per heavy atom. The highest BCUT2D eigenvalue weighted by Crippen LogP contribution is 2.37. The third-order valence-corrected chi connectivity index (χ3v) is 5.84. The van der Waals surface area contributed by atoms with Gasteiger partial charge in [-0.25, -0.2) is 8.42 Å². The molecule has 1 saturated heterocycles. The molecule has 2 aliphatic rings. The highest BCUT2D eigenvalue weighted by molar-refractivity contribution is 7.88. The average molecular weight is 290 g/mol. The van der Waals surface area contributed by atoms with E-state index >= 15 is 0 Å². The van der Waals surface area contributed by atoms with E-state index in [0.29, 0.717) is 13.1 Å². The van der Waals surface area contributed by atoms with Gasteiger partial charge in [-0.3, -0.25) is 4.90 Å². The molecule has 1 aliphatic carbocycles. The number of piperazine rings is 1. The zero-order valence-electron chi connectivity index (χ0n) is 12.2. The molecule has 0 amide bonds. The van der Waals surface area contributed by atoms with Gasteiger partial charge in [-0.05, 0) is 24.7 Å². The quantitative estimate of drug-likeness (QED) is 0.805. The number of hydrogen-bond acceptors (Lipinski definition) is 4. The van der Waals surface area contributed by atoms with Crippen molar-refractivity contribution < 1.29 is 13.5 Å². The summed E-state index contributed by atoms with van der Waals surface area (Å²) in [5.41, 5.74) is 0.276. The molecule has 1 saturated carbocycles. The second kappa shape index (κ2) is 5.31. The van der Waals surface area contributed by atoms with Crippen LogP contribution < -0.4 is 0 Å². The normalized spacial score (nSPS) is 34.3. The summed E-state index contributed by atoms with van der Waals surface area (Å²) in [5.74, 6) is 0. The van der Waals surface area contributed by atoms with E-state index in [2.05, 4.69) is 18.7 Å². The topological polar surface area (TPSA) is 60.9 Å². The van der Waals surface area contributed by atoms with Crippen molar-refractivity contribution in [2.24, 2.45) is 5.41 Å². The Balaban J connectivity index is 1.97. The van der Waals surface area contributed by atoms with E-state index in [-0.39, 0.29) is 17.6 Å². The summed E-state index contributed by atoms with van der Waals surface area (Å²) in [7, 11) is -3.07. The van der Waals surface area contributed by atoms with Crippen LogP contribution in [0.1, 0.15) is 33.1 Å². The van der Waals surface area contributed by atoms with Crippen molar-refractivity contribution in [3.05, 3.63) is 0 Å². The Hall–Kier alpha value is -0.170. The number of rotatable bonds is 2. The van der Waals surface area contributed by atoms with Crippen molar-refractivity contribution in [1.82, 2.24) is 9.21 Å². The van der Waals surface area contributed by atoms with Crippen molar-refractivity contribution in [3.63, 3.8) is 0 Å². The molecular weight excluding hydrogens is 264 g/mol. The number of aliphatic hydroxyl groups is 1. The Labute approximate surface area is 116 Å².